The predicted molar refractivity (Wildman–Crippen MR) is 107 cm³/mol. The topological polar surface area (TPSA) is 142 Å². The number of para-hydroxylation sites is 1. The van der Waals surface area contributed by atoms with Crippen LogP contribution in [0.15, 0.2) is 29.4 Å². The number of nitrogens with one attached hydrogen (secondary N) is 1. The van der Waals surface area contributed by atoms with Crippen LogP contribution >= 0.6 is 0 Å². The molecule has 11 nitrogen and oxygen atoms in total. The molecule has 0 heterocycles. The summed E-state index contributed by atoms with van der Waals surface area (Å²) in [5.74, 6) is -1.01. The number of phenols is 1. The number of methoxy groups -OCH3 is 3. The van der Waals surface area contributed by atoms with Gasteiger partial charge in [-0.15, -0.1) is 0 Å². The SMILES string of the molecule is CCOc1cccc(/C=N/NC(=O)c2cc(OC)c(OC)c(OC)c2[N+](=O)[O-])c1O. The Hall–Kier alpha value is -4.02. The van der Waals surface area contributed by atoms with Gasteiger partial charge in [0.2, 0.25) is 11.5 Å². The minimum absolute atomic E-state index is 0.0237. The molecule has 2 N–H and O–H groups in total. The third kappa shape index (κ3) is 4.51. The number of amides is 1. The molecule has 0 unspecified atom stereocenters. The molecular formula is C19H21N3O8. The number of ether oxygens (including phenoxy) is 4. The number of carbonyl (C=O) groups is 1. The summed E-state index contributed by atoms with van der Waals surface area (Å²) in [4.78, 5) is 23.4. The number of hydrazone groups is 1. The maximum absolute atomic E-state index is 12.6. The number of hydrogen-bond acceptors (Lipinski definition) is 9. The second-order valence-corrected chi connectivity index (χ2v) is 5.62. The highest BCUT2D eigenvalue weighted by atomic mass is 16.6. The second-order valence-electron chi connectivity index (χ2n) is 5.62. The molecule has 0 atom stereocenters. The van der Waals surface area contributed by atoms with Crippen LogP contribution in [-0.2, 0) is 0 Å². The molecule has 0 saturated heterocycles. The average molecular weight is 419 g/mol. The number of nitro groups is 1. The van der Waals surface area contributed by atoms with Crippen molar-refractivity contribution >= 4 is 17.8 Å². The predicted octanol–water partition coefficient (Wildman–Crippen LogP) is 2.49. The van der Waals surface area contributed by atoms with Gasteiger partial charge in [-0.3, -0.25) is 14.9 Å². The fraction of sp³-hybridized carbons (Fsp3) is 0.263. The van der Waals surface area contributed by atoms with Crippen LogP contribution in [0.1, 0.15) is 22.8 Å². The van der Waals surface area contributed by atoms with E-state index in [2.05, 4.69) is 10.5 Å². The zero-order chi connectivity index (χ0) is 22.3. The van der Waals surface area contributed by atoms with Crippen molar-refractivity contribution in [3.05, 3.63) is 45.5 Å². The number of nitrogens with zero attached hydrogens (tertiary/aromatic N) is 2. The smallest absolute Gasteiger partial charge is 0.327 e. The Balaban J connectivity index is 2.39. The van der Waals surface area contributed by atoms with Crippen LogP contribution in [0.3, 0.4) is 0 Å². The van der Waals surface area contributed by atoms with Gasteiger partial charge in [0.05, 0.1) is 39.1 Å². The molecule has 2 aromatic carbocycles. The third-order valence-corrected chi connectivity index (χ3v) is 3.93. The lowest BCUT2D eigenvalue weighted by molar-refractivity contribution is -0.386. The zero-order valence-corrected chi connectivity index (χ0v) is 16.8. The van der Waals surface area contributed by atoms with Gasteiger partial charge in [0.25, 0.3) is 5.91 Å². The Morgan fingerprint density at radius 3 is 2.47 bits per heavy atom. The molecule has 0 bridgehead atoms. The highest BCUT2D eigenvalue weighted by Gasteiger charge is 2.32. The molecule has 0 aliphatic carbocycles. The third-order valence-electron chi connectivity index (χ3n) is 3.93. The number of phenolic OH excluding ortho intramolecular Hbond substituents is 1. The van der Waals surface area contributed by atoms with Crippen molar-refractivity contribution in [2.45, 2.75) is 6.92 Å². The van der Waals surface area contributed by atoms with Crippen molar-refractivity contribution in [2.75, 3.05) is 27.9 Å². The summed E-state index contributed by atoms with van der Waals surface area (Å²) in [7, 11) is 3.81. The maximum atomic E-state index is 12.6. The van der Waals surface area contributed by atoms with Gasteiger partial charge < -0.3 is 24.1 Å². The van der Waals surface area contributed by atoms with E-state index >= 15 is 0 Å². The van der Waals surface area contributed by atoms with Gasteiger partial charge in [-0.05, 0) is 19.1 Å². The minimum atomic E-state index is -0.891. The van der Waals surface area contributed by atoms with E-state index in [9.17, 15) is 20.0 Å². The van der Waals surface area contributed by atoms with Crippen LogP contribution in [0.5, 0.6) is 28.7 Å². The summed E-state index contributed by atoms with van der Waals surface area (Å²) in [6, 6.07) is 5.92. The lowest BCUT2D eigenvalue weighted by Crippen LogP contribution is -2.20. The van der Waals surface area contributed by atoms with Crippen molar-refractivity contribution in [1.29, 1.82) is 0 Å². The second kappa shape index (κ2) is 9.96. The van der Waals surface area contributed by atoms with Gasteiger partial charge in [0.15, 0.2) is 17.2 Å². The first-order valence-electron chi connectivity index (χ1n) is 8.65. The Kier molecular flexibility index (Phi) is 7.39. The van der Waals surface area contributed by atoms with Gasteiger partial charge in [-0.1, -0.05) is 6.07 Å². The first kappa shape index (κ1) is 22.3. The van der Waals surface area contributed by atoms with Gasteiger partial charge in [0, 0.05) is 11.6 Å². The zero-order valence-electron chi connectivity index (χ0n) is 16.8. The van der Waals surface area contributed by atoms with E-state index in [1.54, 1.807) is 25.1 Å². The number of hydrogen-bond donors (Lipinski definition) is 2. The van der Waals surface area contributed by atoms with Crippen LogP contribution in [-0.4, -0.2) is 50.1 Å². The lowest BCUT2D eigenvalue weighted by Gasteiger charge is -2.14. The Labute approximate surface area is 172 Å². The molecular weight excluding hydrogens is 398 g/mol. The van der Waals surface area contributed by atoms with Crippen molar-refractivity contribution in [3.63, 3.8) is 0 Å². The van der Waals surface area contributed by atoms with E-state index in [0.29, 0.717) is 6.61 Å². The van der Waals surface area contributed by atoms with Crippen LogP contribution in [0, 0.1) is 10.1 Å². The lowest BCUT2D eigenvalue weighted by atomic mass is 10.1. The molecule has 0 fully saturated rings. The molecule has 0 aliphatic heterocycles. The summed E-state index contributed by atoms with van der Waals surface area (Å²) in [5, 5.41) is 25.5. The molecule has 2 rings (SSSR count). The standard InChI is InChI=1S/C19H21N3O8/c1-5-30-13-8-6-7-11(16(13)23)10-20-21-19(24)12-9-14(27-2)17(28-3)18(29-4)15(12)22(25)26/h6-10,23H,5H2,1-4H3,(H,21,24)/b20-10+. The van der Waals surface area contributed by atoms with Crippen LogP contribution in [0.2, 0.25) is 0 Å². The van der Waals surface area contributed by atoms with Crippen LogP contribution in [0.4, 0.5) is 5.69 Å². The maximum Gasteiger partial charge on any atom is 0.327 e. The summed E-state index contributed by atoms with van der Waals surface area (Å²) >= 11 is 0. The molecule has 30 heavy (non-hydrogen) atoms. The van der Waals surface area contributed by atoms with E-state index in [-0.39, 0.29) is 39.9 Å². The fourth-order valence-electron chi connectivity index (χ4n) is 2.63. The monoisotopic (exact) mass is 419 g/mol. The Morgan fingerprint density at radius 2 is 1.90 bits per heavy atom. The molecule has 1 amide bonds. The quantitative estimate of drug-likeness (QED) is 0.359. The normalized spacial score (nSPS) is 10.5. The summed E-state index contributed by atoms with van der Waals surface area (Å²) in [6.45, 7) is 2.13. The van der Waals surface area contributed by atoms with Gasteiger partial charge in [-0.25, -0.2) is 5.43 Å². The number of carbonyl (C=O) groups excluding carboxylic acids is 1. The number of aromatic hydroxyl groups is 1. The highest BCUT2D eigenvalue weighted by molar-refractivity contribution is 6.01. The van der Waals surface area contributed by atoms with E-state index in [0.717, 1.165) is 6.07 Å². The highest BCUT2D eigenvalue weighted by Crippen LogP contribution is 2.46. The summed E-state index contributed by atoms with van der Waals surface area (Å²) in [5.41, 5.74) is 1.51. The molecule has 0 saturated carbocycles. The first-order chi connectivity index (χ1) is 14.4. The van der Waals surface area contributed by atoms with Crippen LogP contribution < -0.4 is 24.4 Å². The van der Waals surface area contributed by atoms with Crippen molar-refractivity contribution in [3.8, 4) is 28.7 Å². The number of rotatable bonds is 9. The fourth-order valence-corrected chi connectivity index (χ4v) is 2.63. The Bertz CT molecular complexity index is 975. The van der Waals surface area contributed by atoms with Gasteiger partial charge in [0.1, 0.15) is 5.56 Å². The summed E-state index contributed by atoms with van der Waals surface area (Å²) in [6.07, 6.45) is 1.18. The number of nitro benzene ring substituents is 1. The molecule has 0 aromatic heterocycles. The van der Waals surface area contributed by atoms with E-state index in [1.165, 1.54) is 27.5 Å². The van der Waals surface area contributed by atoms with Crippen LogP contribution in [0.25, 0.3) is 0 Å². The first-order valence-corrected chi connectivity index (χ1v) is 8.65. The van der Waals surface area contributed by atoms with E-state index in [4.69, 9.17) is 18.9 Å². The molecule has 2 aromatic rings. The molecule has 0 radical (unpaired) electrons. The van der Waals surface area contributed by atoms with Crippen molar-refractivity contribution in [2.24, 2.45) is 5.10 Å². The van der Waals surface area contributed by atoms with Crippen molar-refractivity contribution in [1.82, 2.24) is 5.43 Å². The number of benzene rings is 2. The average Bonchev–Trinajstić information content (AvgIpc) is 2.74. The molecule has 160 valence electrons. The van der Waals surface area contributed by atoms with Gasteiger partial charge in [-0.2, -0.15) is 5.10 Å². The summed E-state index contributed by atoms with van der Waals surface area (Å²) < 4.78 is 20.6. The largest absolute Gasteiger partial charge is 0.504 e. The minimum Gasteiger partial charge on any atom is -0.504 e. The van der Waals surface area contributed by atoms with Gasteiger partial charge >= 0.3 is 5.69 Å². The van der Waals surface area contributed by atoms with E-state index in [1.807, 2.05) is 0 Å². The molecule has 0 aliphatic rings. The molecule has 11 heteroatoms. The van der Waals surface area contributed by atoms with Crippen molar-refractivity contribution < 1.29 is 33.8 Å². The molecule has 0 spiro atoms. The Morgan fingerprint density at radius 1 is 1.20 bits per heavy atom. The van der Waals surface area contributed by atoms with E-state index < -0.39 is 16.5 Å².